The Morgan fingerprint density at radius 2 is 2.21 bits per heavy atom. The smallest absolute Gasteiger partial charge is 0.331 e. The van der Waals surface area contributed by atoms with E-state index in [1.165, 1.54) is 23.9 Å². The maximum Gasteiger partial charge on any atom is 0.331 e. The molecule has 2 aromatic rings. The van der Waals surface area contributed by atoms with Gasteiger partial charge in [0.25, 0.3) is 5.56 Å². The van der Waals surface area contributed by atoms with Crippen LogP contribution in [0.2, 0.25) is 0 Å². The summed E-state index contributed by atoms with van der Waals surface area (Å²) in [6, 6.07) is 1.04. The van der Waals surface area contributed by atoms with Gasteiger partial charge < -0.3 is 9.42 Å². The number of rotatable bonds is 4. The molecule has 9 heteroatoms. The van der Waals surface area contributed by atoms with Crippen LogP contribution >= 0.6 is 0 Å². The van der Waals surface area contributed by atoms with Crippen LogP contribution in [-0.2, 0) is 24.8 Å². The lowest BCUT2D eigenvalue weighted by molar-refractivity contribution is -0.133. The van der Waals surface area contributed by atoms with Gasteiger partial charge in [0, 0.05) is 32.3 Å². The third-order valence-electron chi connectivity index (χ3n) is 4.22. The van der Waals surface area contributed by atoms with Crippen LogP contribution in [0, 0.1) is 0 Å². The fourth-order valence-corrected chi connectivity index (χ4v) is 2.85. The molecule has 0 spiro atoms. The van der Waals surface area contributed by atoms with E-state index in [1.807, 2.05) is 6.92 Å². The Morgan fingerprint density at radius 1 is 1.42 bits per heavy atom. The summed E-state index contributed by atoms with van der Waals surface area (Å²) in [5, 5.41) is 3.96. The molecule has 24 heavy (non-hydrogen) atoms. The molecule has 0 saturated carbocycles. The summed E-state index contributed by atoms with van der Waals surface area (Å²) in [7, 11) is 1.38. The van der Waals surface area contributed by atoms with Gasteiger partial charge >= 0.3 is 5.69 Å². The van der Waals surface area contributed by atoms with Gasteiger partial charge in [-0.15, -0.1) is 0 Å². The Bertz CT molecular complexity index is 865. The average Bonchev–Trinajstić information content (AvgIpc) is 3.23. The first-order valence-electron chi connectivity index (χ1n) is 7.89. The van der Waals surface area contributed by atoms with E-state index in [9.17, 15) is 14.4 Å². The SMILES string of the molecule is CCc1nc([C@@H]2CCCN2C(=O)Cn2ccc(=O)n(C)c2=O)no1. The molecule has 2 aromatic heterocycles. The second-order valence-electron chi connectivity index (χ2n) is 5.77. The molecule has 0 radical (unpaired) electrons. The molecular weight excluding hydrogens is 314 g/mol. The minimum Gasteiger partial charge on any atom is -0.339 e. The molecule has 0 bridgehead atoms. The Kier molecular flexibility index (Phi) is 4.32. The fourth-order valence-electron chi connectivity index (χ4n) is 2.85. The van der Waals surface area contributed by atoms with Gasteiger partial charge in [-0.2, -0.15) is 4.98 Å². The first-order chi connectivity index (χ1) is 11.5. The van der Waals surface area contributed by atoms with Gasteiger partial charge in [-0.05, 0) is 12.8 Å². The van der Waals surface area contributed by atoms with Crippen LogP contribution in [0.15, 0.2) is 26.4 Å². The van der Waals surface area contributed by atoms with Crippen molar-refractivity contribution < 1.29 is 9.32 Å². The van der Waals surface area contributed by atoms with E-state index >= 15 is 0 Å². The minimum atomic E-state index is -0.514. The van der Waals surface area contributed by atoms with Crippen molar-refractivity contribution in [2.75, 3.05) is 6.54 Å². The molecule has 0 unspecified atom stereocenters. The standard InChI is InChI=1S/C15H19N5O4/c1-3-11-16-14(17-24-11)10-5-4-7-20(10)13(22)9-19-8-6-12(21)18(2)15(19)23/h6,8,10H,3-5,7,9H2,1-2H3/t10-/m0/s1. The Labute approximate surface area is 137 Å². The molecule has 1 fully saturated rings. The van der Waals surface area contributed by atoms with Crippen molar-refractivity contribution in [2.24, 2.45) is 7.05 Å². The van der Waals surface area contributed by atoms with E-state index in [2.05, 4.69) is 10.1 Å². The second kappa shape index (κ2) is 6.42. The lowest BCUT2D eigenvalue weighted by Gasteiger charge is -2.22. The van der Waals surface area contributed by atoms with E-state index in [0.717, 1.165) is 17.4 Å². The van der Waals surface area contributed by atoms with Crippen molar-refractivity contribution in [1.29, 1.82) is 0 Å². The van der Waals surface area contributed by atoms with Crippen molar-refractivity contribution in [1.82, 2.24) is 24.2 Å². The van der Waals surface area contributed by atoms with Crippen molar-refractivity contribution in [3.8, 4) is 0 Å². The predicted octanol–water partition coefficient (Wildman–Crippen LogP) is -0.144. The van der Waals surface area contributed by atoms with Crippen LogP contribution in [0.5, 0.6) is 0 Å². The van der Waals surface area contributed by atoms with E-state index in [1.54, 1.807) is 4.90 Å². The second-order valence-corrected chi connectivity index (χ2v) is 5.77. The van der Waals surface area contributed by atoms with Crippen molar-refractivity contribution in [3.63, 3.8) is 0 Å². The van der Waals surface area contributed by atoms with Crippen molar-refractivity contribution in [2.45, 2.75) is 38.8 Å². The molecule has 1 aliphatic heterocycles. The number of likely N-dealkylation sites (tertiary alicyclic amines) is 1. The van der Waals surface area contributed by atoms with Gasteiger partial charge in [0.1, 0.15) is 6.54 Å². The summed E-state index contributed by atoms with van der Waals surface area (Å²) in [6.07, 6.45) is 3.59. The van der Waals surface area contributed by atoms with E-state index < -0.39 is 11.2 Å². The summed E-state index contributed by atoms with van der Waals surface area (Å²) < 4.78 is 7.33. The molecule has 3 rings (SSSR count). The number of hydrogen-bond donors (Lipinski definition) is 0. The molecule has 9 nitrogen and oxygen atoms in total. The molecule has 1 saturated heterocycles. The van der Waals surface area contributed by atoms with Gasteiger partial charge in [-0.1, -0.05) is 12.1 Å². The maximum absolute atomic E-state index is 12.6. The van der Waals surface area contributed by atoms with E-state index in [4.69, 9.17) is 4.52 Å². The number of nitrogens with zero attached hydrogens (tertiary/aromatic N) is 5. The van der Waals surface area contributed by atoms with Crippen LogP contribution in [0.1, 0.15) is 37.5 Å². The lowest BCUT2D eigenvalue weighted by atomic mass is 10.2. The zero-order chi connectivity index (χ0) is 17.3. The van der Waals surface area contributed by atoms with Crippen LogP contribution in [0.4, 0.5) is 0 Å². The molecular formula is C15H19N5O4. The van der Waals surface area contributed by atoms with Gasteiger partial charge in [-0.25, -0.2) is 4.79 Å². The number of carbonyl (C=O) groups is 1. The maximum atomic E-state index is 12.6. The average molecular weight is 333 g/mol. The molecule has 1 aliphatic rings. The minimum absolute atomic E-state index is 0.123. The highest BCUT2D eigenvalue weighted by atomic mass is 16.5. The summed E-state index contributed by atoms with van der Waals surface area (Å²) >= 11 is 0. The van der Waals surface area contributed by atoms with Crippen LogP contribution < -0.4 is 11.2 Å². The Morgan fingerprint density at radius 3 is 2.92 bits per heavy atom. The first kappa shape index (κ1) is 16.2. The summed E-state index contributed by atoms with van der Waals surface area (Å²) in [5.74, 6) is 0.838. The van der Waals surface area contributed by atoms with Gasteiger partial charge in [0.2, 0.25) is 11.8 Å². The number of carbonyl (C=O) groups excluding carboxylic acids is 1. The Hall–Kier alpha value is -2.71. The largest absolute Gasteiger partial charge is 0.339 e. The molecule has 0 aliphatic carbocycles. The molecule has 1 amide bonds. The Balaban J connectivity index is 1.80. The van der Waals surface area contributed by atoms with Gasteiger partial charge in [0.15, 0.2) is 5.82 Å². The van der Waals surface area contributed by atoms with Crippen molar-refractivity contribution in [3.05, 3.63) is 44.8 Å². The summed E-state index contributed by atoms with van der Waals surface area (Å²) in [4.78, 5) is 42.1. The lowest BCUT2D eigenvalue weighted by Crippen LogP contribution is -2.41. The number of aryl methyl sites for hydroxylation is 1. The van der Waals surface area contributed by atoms with E-state index in [0.29, 0.717) is 24.7 Å². The molecule has 128 valence electrons. The van der Waals surface area contributed by atoms with Crippen LogP contribution in [0.25, 0.3) is 0 Å². The topological polar surface area (TPSA) is 103 Å². The van der Waals surface area contributed by atoms with Gasteiger partial charge in [0.05, 0.1) is 6.04 Å². The highest BCUT2D eigenvalue weighted by Crippen LogP contribution is 2.30. The third-order valence-corrected chi connectivity index (χ3v) is 4.22. The molecule has 1 atom stereocenters. The highest BCUT2D eigenvalue weighted by molar-refractivity contribution is 5.76. The van der Waals surface area contributed by atoms with Crippen LogP contribution in [-0.4, -0.2) is 36.6 Å². The fraction of sp³-hybridized carbons (Fsp3) is 0.533. The third kappa shape index (κ3) is 2.89. The zero-order valence-electron chi connectivity index (χ0n) is 13.6. The monoisotopic (exact) mass is 333 g/mol. The normalized spacial score (nSPS) is 17.4. The molecule has 0 N–H and O–H groups in total. The number of aromatic nitrogens is 4. The predicted molar refractivity (Wildman–Crippen MR) is 83.3 cm³/mol. The quantitative estimate of drug-likeness (QED) is 0.771. The van der Waals surface area contributed by atoms with Crippen LogP contribution in [0.3, 0.4) is 0 Å². The van der Waals surface area contributed by atoms with Crippen molar-refractivity contribution >= 4 is 5.91 Å². The summed E-state index contributed by atoms with van der Waals surface area (Å²) in [6.45, 7) is 2.38. The highest BCUT2D eigenvalue weighted by Gasteiger charge is 2.33. The molecule has 3 heterocycles. The van der Waals surface area contributed by atoms with Gasteiger partial charge in [-0.3, -0.25) is 18.7 Å². The van der Waals surface area contributed by atoms with E-state index in [-0.39, 0.29) is 18.5 Å². The molecule has 0 aromatic carbocycles. The first-order valence-corrected chi connectivity index (χ1v) is 7.89. The number of hydrogen-bond acceptors (Lipinski definition) is 6. The zero-order valence-corrected chi connectivity index (χ0v) is 13.6. The number of amides is 1. The summed E-state index contributed by atoms with van der Waals surface area (Å²) in [5.41, 5.74) is -0.916.